The fraction of sp³-hybridized carbons (Fsp3) is 0.684. The van der Waals surface area contributed by atoms with Crippen LogP contribution in [0.1, 0.15) is 19.8 Å². The first-order chi connectivity index (χ1) is 13.1. The average molecular weight is 380 g/mol. The molecule has 3 rings (SSSR count). The van der Waals surface area contributed by atoms with Crippen molar-refractivity contribution in [3.63, 3.8) is 0 Å². The monoisotopic (exact) mass is 380 g/mol. The molecule has 150 valence electrons. The Labute approximate surface area is 159 Å². The van der Waals surface area contributed by atoms with E-state index in [0.717, 1.165) is 57.8 Å². The minimum atomic E-state index is -0.401. The maximum Gasteiger partial charge on any atom is 0.311 e. The highest BCUT2D eigenvalue weighted by Gasteiger charge is 2.28. The van der Waals surface area contributed by atoms with E-state index in [1.54, 1.807) is 6.07 Å². The van der Waals surface area contributed by atoms with Gasteiger partial charge in [-0.05, 0) is 38.9 Å². The topological polar surface area (TPSA) is 62.1 Å². The minimum absolute atomic E-state index is 0.0132. The standard InChI is InChI=1S/C19H29FN4O3/c1-2-27-19-15-17(3-4-18(19)24(25)26)23-13-11-22(12-14-23)16-5-8-21(9-6-16)10-7-20/h3-4,15-16H,2,5-14H2,1H3. The Kier molecular flexibility index (Phi) is 6.84. The third-order valence-corrected chi connectivity index (χ3v) is 5.59. The zero-order chi connectivity index (χ0) is 19.2. The van der Waals surface area contributed by atoms with Gasteiger partial charge in [0, 0.05) is 56.6 Å². The largest absolute Gasteiger partial charge is 0.487 e. The molecule has 0 aliphatic carbocycles. The van der Waals surface area contributed by atoms with Crippen molar-refractivity contribution in [2.45, 2.75) is 25.8 Å². The molecule has 2 saturated heterocycles. The molecule has 2 heterocycles. The Balaban J connectivity index is 1.56. The molecule has 0 atom stereocenters. The van der Waals surface area contributed by atoms with Crippen molar-refractivity contribution in [1.29, 1.82) is 0 Å². The van der Waals surface area contributed by atoms with Crippen molar-refractivity contribution in [3.8, 4) is 5.75 Å². The summed E-state index contributed by atoms with van der Waals surface area (Å²) in [6.07, 6.45) is 2.21. The van der Waals surface area contributed by atoms with E-state index in [-0.39, 0.29) is 12.4 Å². The van der Waals surface area contributed by atoms with E-state index in [4.69, 9.17) is 4.74 Å². The molecule has 0 unspecified atom stereocenters. The molecule has 2 fully saturated rings. The van der Waals surface area contributed by atoms with Crippen LogP contribution in [0.5, 0.6) is 5.75 Å². The highest BCUT2D eigenvalue weighted by atomic mass is 19.1. The molecule has 7 nitrogen and oxygen atoms in total. The number of piperidine rings is 1. The molecule has 0 radical (unpaired) electrons. The minimum Gasteiger partial charge on any atom is -0.487 e. The number of benzene rings is 1. The number of ether oxygens (including phenoxy) is 1. The zero-order valence-electron chi connectivity index (χ0n) is 16.0. The van der Waals surface area contributed by atoms with Gasteiger partial charge in [-0.1, -0.05) is 0 Å². The lowest BCUT2D eigenvalue weighted by Gasteiger charge is -2.43. The predicted octanol–water partition coefficient (Wildman–Crippen LogP) is 2.55. The van der Waals surface area contributed by atoms with Gasteiger partial charge in [-0.15, -0.1) is 0 Å². The van der Waals surface area contributed by atoms with Crippen LogP contribution in [0.2, 0.25) is 0 Å². The summed E-state index contributed by atoms with van der Waals surface area (Å²) in [6, 6.07) is 5.71. The maximum atomic E-state index is 12.5. The normalized spacial score (nSPS) is 20.0. The van der Waals surface area contributed by atoms with E-state index in [9.17, 15) is 14.5 Å². The van der Waals surface area contributed by atoms with Crippen LogP contribution in [-0.4, -0.2) is 79.9 Å². The van der Waals surface area contributed by atoms with Gasteiger partial charge in [0.15, 0.2) is 5.75 Å². The number of hydrogen-bond acceptors (Lipinski definition) is 6. The van der Waals surface area contributed by atoms with Crippen LogP contribution in [0, 0.1) is 10.1 Å². The van der Waals surface area contributed by atoms with Gasteiger partial charge in [0.25, 0.3) is 0 Å². The van der Waals surface area contributed by atoms with Crippen LogP contribution in [0.15, 0.2) is 18.2 Å². The number of halogens is 1. The molecule has 2 aliphatic rings. The van der Waals surface area contributed by atoms with E-state index >= 15 is 0 Å². The van der Waals surface area contributed by atoms with E-state index in [1.165, 1.54) is 6.07 Å². The molecule has 2 aliphatic heterocycles. The zero-order valence-corrected chi connectivity index (χ0v) is 16.0. The summed E-state index contributed by atoms with van der Waals surface area (Å²) in [7, 11) is 0. The first-order valence-corrected chi connectivity index (χ1v) is 9.81. The van der Waals surface area contributed by atoms with Crippen molar-refractivity contribution in [3.05, 3.63) is 28.3 Å². The fourth-order valence-electron chi connectivity index (χ4n) is 4.09. The number of hydrogen-bond donors (Lipinski definition) is 0. The number of nitro benzene ring substituents is 1. The van der Waals surface area contributed by atoms with Crippen molar-refractivity contribution in [1.82, 2.24) is 9.80 Å². The first kappa shape index (κ1) is 19.8. The maximum absolute atomic E-state index is 12.5. The molecule has 1 aromatic rings. The third kappa shape index (κ3) is 4.87. The van der Waals surface area contributed by atoms with Crippen molar-refractivity contribution >= 4 is 11.4 Å². The van der Waals surface area contributed by atoms with E-state index in [1.807, 2.05) is 13.0 Å². The van der Waals surface area contributed by atoms with Gasteiger partial charge in [0.2, 0.25) is 0 Å². The highest BCUT2D eigenvalue weighted by molar-refractivity contribution is 5.59. The second kappa shape index (κ2) is 9.32. The molecular weight excluding hydrogens is 351 g/mol. The second-order valence-corrected chi connectivity index (χ2v) is 7.13. The predicted molar refractivity (Wildman–Crippen MR) is 103 cm³/mol. The smallest absolute Gasteiger partial charge is 0.311 e. The molecule has 1 aromatic carbocycles. The lowest BCUT2D eigenvalue weighted by atomic mass is 10.0. The average Bonchev–Trinajstić information content (AvgIpc) is 2.69. The summed E-state index contributed by atoms with van der Waals surface area (Å²) >= 11 is 0. The van der Waals surface area contributed by atoms with Gasteiger partial charge in [0.1, 0.15) is 6.67 Å². The molecule has 8 heteroatoms. The molecule has 0 N–H and O–H groups in total. The van der Waals surface area contributed by atoms with Crippen LogP contribution in [0.25, 0.3) is 0 Å². The Morgan fingerprint density at radius 2 is 1.89 bits per heavy atom. The Hall–Kier alpha value is -1.93. The number of anilines is 1. The van der Waals surface area contributed by atoms with Gasteiger partial charge in [0.05, 0.1) is 11.5 Å². The summed E-state index contributed by atoms with van der Waals surface area (Å²) in [5.74, 6) is 0.336. The summed E-state index contributed by atoms with van der Waals surface area (Å²) in [5, 5.41) is 11.1. The highest BCUT2D eigenvalue weighted by Crippen LogP contribution is 2.32. The van der Waals surface area contributed by atoms with Crippen molar-refractivity contribution in [2.24, 2.45) is 0 Å². The number of alkyl halides is 1. The van der Waals surface area contributed by atoms with Gasteiger partial charge >= 0.3 is 5.69 Å². The summed E-state index contributed by atoms with van der Waals surface area (Å²) in [4.78, 5) is 17.8. The summed E-state index contributed by atoms with van der Waals surface area (Å²) < 4.78 is 17.9. The van der Waals surface area contributed by atoms with Crippen molar-refractivity contribution in [2.75, 3.05) is 64.0 Å². The number of nitro groups is 1. The van der Waals surface area contributed by atoms with E-state index < -0.39 is 4.92 Å². The SMILES string of the molecule is CCOc1cc(N2CCN(C3CCN(CCF)CC3)CC2)ccc1[N+](=O)[O-]. The van der Waals surface area contributed by atoms with Crippen LogP contribution < -0.4 is 9.64 Å². The summed E-state index contributed by atoms with van der Waals surface area (Å²) in [6.45, 7) is 8.24. The van der Waals surface area contributed by atoms with Gasteiger partial charge in [-0.3, -0.25) is 15.0 Å². The van der Waals surface area contributed by atoms with Crippen LogP contribution in [0.4, 0.5) is 15.8 Å². The molecule has 0 spiro atoms. The number of likely N-dealkylation sites (tertiary alicyclic amines) is 1. The van der Waals surface area contributed by atoms with Gasteiger partial charge < -0.3 is 14.5 Å². The molecule has 0 amide bonds. The number of rotatable bonds is 7. The lowest BCUT2D eigenvalue weighted by Crippen LogP contribution is -2.53. The van der Waals surface area contributed by atoms with Crippen LogP contribution in [0.3, 0.4) is 0 Å². The lowest BCUT2D eigenvalue weighted by molar-refractivity contribution is -0.385. The molecule has 0 bridgehead atoms. The quantitative estimate of drug-likeness (QED) is 0.535. The van der Waals surface area contributed by atoms with Gasteiger partial charge in [-0.25, -0.2) is 4.39 Å². The second-order valence-electron chi connectivity index (χ2n) is 7.13. The molecule has 0 saturated carbocycles. The molecule has 27 heavy (non-hydrogen) atoms. The Morgan fingerprint density at radius 3 is 2.48 bits per heavy atom. The third-order valence-electron chi connectivity index (χ3n) is 5.59. The van der Waals surface area contributed by atoms with Crippen LogP contribution in [-0.2, 0) is 0 Å². The van der Waals surface area contributed by atoms with Gasteiger partial charge in [-0.2, -0.15) is 0 Å². The van der Waals surface area contributed by atoms with Crippen molar-refractivity contribution < 1.29 is 14.1 Å². The number of piperazine rings is 1. The Morgan fingerprint density at radius 1 is 1.19 bits per heavy atom. The molecule has 0 aromatic heterocycles. The van der Waals surface area contributed by atoms with E-state index in [0.29, 0.717) is 24.9 Å². The van der Waals surface area contributed by atoms with Crippen LogP contribution >= 0.6 is 0 Å². The number of nitrogens with zero attached hydrogens (tertiary/aromatic N) is 4. The summed E-state index contributed by atoms with van der Waals surface area (Å²) in [5.41, 5.74) is 0.987. The Bertz CT molecular complexity index is 629. The first-order valence-electron chi connectivity index (χ1n) is 9.81. The van der Waals surface area contributed by atoms with E-state index in [2.05, 4.69) is 14.7 Å². The fourth-order valence-corrected chi connectivity index (χ4v) is 4.09. The molecular formula is C19H29FN4O3.